The number of ether oxygens (including phenoxy) is 2. The summed E-state index contributed by atoms with van der Waals surface area (Å²) in [7, 11) is 3.05. The summed E-state index contributed by atoms with van der Waals surface area (Å²) in [5.74, 6) is -0.0811. The highest BCUT2D eigenvalue weighted by atomic mass is 19.1. The predicted octanol–water partition coefficient (Wildman–Crippen LogP) is 7.69. The number of halogens is 1. The molecule has 0 unspecified atom stereocenters. The van der Waals surface area contributed by atoms with Gasteiger partial charge < -0.3 is 20.1 Å². The molecule has 0 radical (unpaired) electrons. The van der Waals surface area contributed by atoms with Crippen LogP contribution >= 0.6 is 0 Å². The van der Waals surface area contributed by atoms with Crippen molar-refractivity contribution in [3.8, 4) is 33.9 Å². The summed E-state index contributed by atoms with van der Waals surface area (Å²) in [6, 6.07) is 17.4. The van der Waals surface area contributed by atoms with Crippen molar-refractivity contribution < 1.29 is 23.5 Å². The van der Waals surface area contributed by atoms with Gasteiger partial charge in [-0.05, 0) is 36.4 Å². The highest BCUT2D eigenvalue weighted by Crippen LogP contribution is 2.43. The van der Waals surface area contributed by atoms with E-state index in [9.17, 15) is 9.59 Å². The minimum absolute atomic E-state index is 0.0331. The Bertz CT molecular complexity index is 1630. The van der Waals surface area contributed by atoms with E-state index in [2.05, 4.69) is 10.6 Å². The van der Waals surface area contributed by atoms with Crippen LogP contribution in [0.15, 0.2) is 60.7 Å². The summed E-state index contributed by atoms with van der Waals surface area (Å²) in [5, 5.41) is 6.46. The first-order valence-electron chi connectivity index (χ1n) is 13.3. The maximum atomic E-state index is 16.9. The van der Waals surface area contributed by atoms with Crippen LogP contribution in [0.25, 0.3) is 33.3 Å². The Hall–Kier alpha value is -4.46. The van der Waals surface area contributed by atoms with Crippen molar-refractivity contribution in [2.45, 2.75) is 41.5 Å². The molecule has 2 amide bonds. The molecule has 0 saturated carbocycles. The largest absolute Gasteiger partial charge is 0.497 e. The fourth-order valence-corrected chi connectivity index (χ4v) is 4.18. The van der Waals surface area contributed by atoms with Crippen LogP contribution in [0.3, 0.4) is 0 Å². The number of pyridine rings is 1. The monoisotopic (exact) mass is 557 g/mol. The zero-order valence-corrected chi connectivity index (χ0v) is 24.7. The number of para-hydroxylation sites is 1. The molecule has 0 fully saturated rings. The third-order valence-corrected chi connectivity index (χ3v) is 6.67. The molecule has 4 rings (SSSR count). The minimum Gasteiger partial charge on any atom is -0.497 e. The molecule has 1 aromatic heterocycles. The molecule has 0 aliphatic rings. The van der Waals surface area contributed by atoms with Crippen molar-refractivity contribution in [1.82, 2.24) is 4.98 Å². The van der Waals surface area contributed by atoms with Crippen molar-refractivity contribution in [3.63, 3.8) is 0 Å². The van der Waals surface area contributed by atoms with Crippen molar-refractivity contribution in [2.75, 3.05) is 24.9 Å². The molecule has 1 heterocycles. The maximum Gasteiger partial charge on any atom is 0.229 e. The Morgan fingerprint density at radius 3 is 1.90 bits per heavy atom. The van der Waals surface area contributed by atoms with Gasteiger partial charge in [-0.1, -0.05) is 59.7 Å². The Morgan fingerprint density at radius 1 is 0.732 bits per heavy atom. The summed E-state index contributed by atoms with van der Waals surface area (Å²) in [4.78, 5) is 30.7. The van der Waals surface area contributed by atoms with E-state index in [1.54, 1.807) is 90.1 Å². The van der Waals surface area contributed by atoms with Gasteiger partial charge in [0.2, 0.25) is 11.8 Å². The Morgan fingerprint density at radius 2 is 1.29 bits per heavy atom. The van der Waals surface area contributed by atoms with Gasteiger partial charge in [-0.15, -0.1) is 0 Å². The van der Waals surface area contributed by atoms with Gasteiger partial charge in [-0.3, -0.25) is 9.59 Å². The first-order valence-corrected chi connectivity index (χ1v) is 13.3. The number of nitrogens with zero attached hydrogens (tertiary/aromatic N) is 1. The van der Waals surface area contributed by atoms with Gasteiger partial charge >= 0.3 is 0 Å². The number of fused-ring (bicyclic) bond motifs is 1. The third kappa shape index (κ3) is 6.16. The van der Waals surface area contributed by atoms with Crippen molar-refractivity contribution in [1.29, 1.82) is 0 Å². The molecule has 7 nitrogen and oxygen atoms in total. The SMILES string of the molecule is COc1ccc(-c2c(F)c(-c3cc(OC)ccc3NC(=O)C(C)(C)C)nc3ccccc23)c(NC(=O)C(C)(C)C)c1. The molecule has 0 atom stereocenters. The standard InChI is InChI=1S/C33H36FN3O4/c1-32(2,3)30(38)36-25-16-14-19(40-7)17-23(25)29-28(34)27(21-11-9-10-12-24(21)35-29)22-15-13-20(41-8)18-26(22)37-31(39)33(4,5)6/h9-18H,1-8H3,(H,36,38)(H,37,39). The second-order valence-corrected chi connectivity index (χ2v) is 11.9. The molecular formula is C33H36FN3O4. The number of anilines is 2. The molecule has 0 aliphatic heterocycles. The van der Waals surface area contributed by atoms with Gasteiger partial charge in [-0.25, -0.2) is 9.37 Å². The summed E-state index contributed by atoms with van der Waals surface area (Å²) in [5.41, 5.74) is 1.08. The summed E-state index contributed by atoms with van der Waals surface area (Å²) in [6.07, 6.45) is 0. The first-order chi connectivity index (χ1) is 19.2. The molecule has 0 aliphatic carbocycles. The second kappa shape index (κ2) is 11.2. The van der Waals surface area contributed by atoms with Gasteiger partial charge in [0.1, 0.15) is 17.2 Å². The number of carbonyl (C=O) groups is 2. The maximum absolute atomic E-state index is 16.9. The topological polar surface area (TPSA) is 89.6 Å². The molecule has 4 aromatic rings. The van der Waals surface area contributed by atoms with Crippen LogP contribution in [0.2, 0.25) is 0 Å². The van der Waals surface area contributed by atoms with Crippen LogP contribution in [-0.2, 0) is 9.59 Å². The number of aromatic nitrogens is 1. The number of methoxy groups -OCH3 is 2. The number of amides is 2. The summed E-state index contributed by atoms with van der Waals surface area (Å²) in [6.45, 7) is 10.8. The Balaban J connectivity index is 2.03. The molecule has 2 N–H and O–H groups in total. The molecule has 0 saturated heterocycles. The van der Waals surface area contributed by atoms with Gasteiger partial charge in [0.05, 0.1) is 31.1 Å². The number of benzene rings is 3. The average molecular weight is 558 g/mol. The van der Waals surface area contributed by atoms with Crippen LogP contribution in [0, 0.1) is 16.6 Å². The van der Waals surface area contributed by atoms with Crippen LogP contribution in [0.5, 0.6) is 11.5 Å². The Kier molecular flexibility index (Phi) is 8.06. The molecule has 0 bridgehead atoms. The number of carbonyl (C=O) groups excluding carboxylic acids is 2. The Labute approximate surface area is 240 Å². The lowest BCUT2D eigenvalue weighted by atomic mass is 9.93. The van der Waals surface area contributed by atoms with E-state index in [1.165, 1.54) is 14.2 Å². The van der Waals surface area contributed by atoms with Gasteiger partial charge in [-0.2, -0.15) is 0 Å². The summed E-state index contributed by atoms with van der Waals surface area (Å²) < 4.78 is 27.8. The average Bonchev–Trinajstić information content (AvgIpc) is 2.92. The van der Waals surface area contributed by atoms with E-state index in [0.717, 1.165) is 0 Å². The fourth-order valence-electron chi connectivity index (χ4n) is 4.18. The number of nitrogens with one attached hydrogen (secondary N) is 2. The molecule has 214 valence electrons. The van der Waals surface area contributed by atoms with Crippen LogP contribution in [0.4, 0.5) is 15.8 Å². The molecule has 8 heteroatoms. The quantitative estimate of drug-likeness (QED) is 0.254. The first kappa shape index (κ1) is 29.5. The van der Waals surface area contributed by atoms with E-state index < -0.39 is 16.6 Å². The van der Waals surface area contributed by atoms with Crippen LogP contribution in [0.1, 0.15) is 41.5 Å². The van der Waals surface area contributed by atoms with E-state index in [0.29, 0.717) is 44.9 Å². The van der Waals surface area contributed by atoms with Gasteiger partial charge in [0, 0.05) is 39.0 Å². The molecular weight excluding hydrogens is 521 g/mol. The highest BCUT2D eigenvalue weighted by molar-refractivity contribution is 6.05. The summed E-state index contributed by atoms with van der Waals surface area (Å²) >= 11 is 0. The number of hydrogen-bond donors (Lipinski definition) is 2. The van der Waals surface area contributed by atoms with Crippen LogP contribution < -0.4 is 20.1 Å². The van der Waals surface area contributed by atoms with E-state index >= 15 is 4.39 Å². The predicted molar refractivity (Wildman–Crippen MR) is 162 cm³/mol. The normalized spacial score (nSPS) is 11.7. The van der Waals surface area contributed by atoms with Crippen molar-refractivity contribution >= 4 is 34.1 Å². The number of hydrogen-bond acceptors (Lipinski definition) is 5. The van der Waals surface area contributed by atoms with Crippen LogP contribution in [-0.4, -0.2) is 31.0 Å². The molecule has 0 spiro atoms. The van der Waals surface area contributed by atoms with E-state index in [1.807, 2.05) is 12.1 Å². The molecule has 3 aromatic carbocycles. The number of rotatable bonds is 6. The van der Waals surface area contributed by atoms with E-state index in [4.69, 9.17) is 14.5 Å². The zero-order valence-electron chi connectivity index (χ0n) is 24.7. The van der Waals surface area contributed by atoms with Crippen molar-refractivity contribution in [2.24, 2.45) is 10.8 Å². The van der Waals surface area contributed by atoms with Crippen molar-refractivity contribution in [3.05, 3.63) is 66.5 Å². The third-order valence-electron chi connectivity index (χ3n) is 6.67. The fraction of sp³-hybridized carbons (Fsp3) is 0.303. The van der Waals surface area contributed by atoms with Gasteiger partial charge in [0.25, 0.3) is 0 Å². The lowest BCUT2D eigenvalue weighted by Gasteiger charge is -2.22. The zero-order chi connectivity index (χ0) is 30.1. The minimum atomic E-state index is -0.689. The van der Waals surface area contributed by atoms with E-state index in [-0.39, 0.29) is 23.1 Å². The van der Waals surface area contributed by atoms with Gasteiger partial charge in [0.15, 0.2) is 5.82 Å². The lowest BCUT2D eigenvalue weighted by Crippen LogP contribution is -2.28. The second-order valence-electron chi connectivity index (χ2n) is 11.9. The molecule has 41 heavy (non-hydrogen) atoms. The smallest absolute Gasteiger partial charge is 0.229 e. The lowest BCUT2D eigenvalue weighted by molar-refractivity contribution is -0.123. The highest BCUT2D eigenvalue weighted by Gasteiger charge is 2.27.